The van der Waals surface area contributed by atoms with Crippen molar-refractivity contribution in [3.63, 3.8) is 0 Å². The fraction of sp³-hybridized carbons (Fsp3) is 0.211. The average Bonchev–Trinajstić information content (AvgIpc) is 3.13. The Morgan fingerprint density at radius 1 is 0.964 bits per heavy atom. The molecule has 0 aliphatic carbocycles. The van der Waals surface area contributed by atoms with Crippen molar-refractivity contribution in [3.05, 3.63) is 72.1 Å². The normalized spacial score (nSPS) is 12.4. The van der Waals surface area contributed by atoms with Crippen molar-refractivity contribution in [1.82, 2.24) is 9.78 Å². The monoisotopic (exact) mass is 409 g/mol. The molecule has 0 unspecified atom stereocenters. The van der Waals surface area contributed by atoms with Crippen molar-refractivity contribution in [1.29, 1.82) is 0 Å². The number of aromatic nitrogens is 2. The zero-order valence-corrected chi connectivity index (χ0v) is 15.9. The van der Waals surface area contributed by atoms with Crippen LogP contribution in [-0.2, 0) is 16.2 Å². The van der Waals surface area contributed by atoms with Gasteiger partial charge in [0.2, 0.25) is 0 Å². The highest BCUT2D eigenvalue weighted by Crippen LogP contribution is 2.28. The number of sulfonamides is 1. The molecule has 0 bridgehead atoms. The Labute approximate surface area is 160 Å². The number of nitrogens with one attached hydrogen (secondary N) is 1. The highest BCUT2D eigenvalue weighted by Gasteiger charge is 2.33. The van der Waals surface area contributed by atoms with Crippen LogP contribution in [0.15, 0.2) is 65.7 Å². The van der Waals surface area contributed by atoms with Crippen molar-refractivity contribution in [2.45, 2.75) is 30.8 Å². The van der Waals surface area contributed by atoms with Gasteiger partial charge in [0, 0.05) is 11.9 Å². The summed E-state index contributed by atoms with van der Waals surface area (Å²) in [7, 11) is -3.77. The first-order valence-electron chi connectivity index (χ1n) is 8.42. The van der Waals surface area contributed by atoms with E-state index in [4.69, 9.17) is 0 Å². The SMILES string of the molecule is CC(C)c1ccc(S(=O)(=O)Nc2ccc(-n3ccc(C(F)(F)F)n3)cc2)cc1. The minimum absolute atomic E-state index is 0.128. The van der Waals surface area contributed by atoms with Gasteiger partial charge in [-0.1, -0.05) is 26.0 Å². The first-order valence-corrected chi connectivity index (χ1v) is 9.91. The lowest BCUT2D eigenvalue weighted by atomic mass is 10.0. The molecule has 0 atom stereocenters. The van der Waals surface area contributed by atoms with E-state index in [2.05, 4.69) is 9.82 Å². The minimum Gasteiger partial charge on any atom is -0.280 e. The molecule has 1 heterocycles. The van der Waals surface area contributed by atoms with Gasteiger partial charge in [-0.3, -0.25) is 4.72 Å². The molecule has 1 aromatic heterocycles. The maximum atomic E-state index is 12.6. The second-order valence-corrected chi connectivity index (χ2v) is 8.20. The predicted octanol–water partition coefficient (Wildman–Crippen LogP) is 4.82. The van der Waals surface area contributed by atoms with E-state index in [1.807, 2.05) is 13.8 Å². The Morgan fingerprint density at radius 3 is 2.07 bits per heavy atom. The third-order valence-electron chi connectivity index (χ3n) is 4.12. The molecule has 0 saturated carbocycles. The van der Waals surface area contributed by atoms with Crippen LogP contribution >= 0.6 is 0 Å². The number of hydrogen-bond donors (Lipinski definition) is 1. The Morgan fingerprint density at radius 2 is 1.57 bits per heavy atom. The van der Waals surface area contributed by atoms with Crippen LogP contribution in [0.1, 0.15) is 31.0 Å². The maximum absolute atomic E-state index is 12.6. The molecule has 3 aromatic rings. The zero-order valence-electron chi connectivity index (χ0n) is 15.1. The van der Waals surface area contributed by atoms with E-state index >= 15 is 0 Å². The Bertz CT molecular complexity index is 1060. The quantitative estimate of drug-likeness (QED) is 0.657. The minimum atomic E-state index is -4.52. The van der Waals surface area contributed by atoms with Crippen molar-refractivity contribution >= 4 is 15.7 Å². The summed E-state index contributed by atoms with van der Waals surface area (Å²) in [4.78, 5) is 0.128. The van der Waals surface area contributed by atoms with Crippen LogP contribution in [-0.4, -0.2) is 18.2 Å². The summed E-state index contributed by atoms with van der Waals surface area (Å²) in [6.45, 7) is 4.03. The molecule has 3 rings (SSSR count). The smallest absolute Gasteiger partial charge is 0.280 e. The highest BCUT2D eigenvalue weighted by atomic mass is 32.2. The van der Waals surface area contributed by atoms with Crippen LogP contribution in [0.2, 0.25) is 0 Å². The standard InChI is InChI=1S/C19H18F3N3O2S/c1-13(2)14-3-9-17(10-4-14)28(26,27)24-15-5-7-16(8-6-15)25-12-11-18(23-25)19(20,21)22/h3-13,24H,1-2H3. The van der Waals surface area contributed by atoms with Crippen LogP contribution in [0.4, 0.5) is 18.9 Å². The summed E-state index contributed by atoms with van der Waals surface area (Å²) in [5.74, 6) is 0.289. The van der Waals surface area contributed by atoms with E-state index in [0.29, 0.717) is 11.4 Å². The van der Waals surface area contributed by atoms with Gasteiger partial charge in [-0.05, 0) is 53.9 Å². The van der Waals surface area contributed by atoms with Crippen LogP contribution < -0.4 is 4.72 Å². The highest BCUT2D eigenvalue weighted by molar-refractivity contribution is 7.92. The second-order valence-electron chi connectivity index (χ2n) is 6.52. The number of hydrogen-bond acceptors (Lipinski definition) is 3. The molecule has 0 fully saturated rings. The summed E-state index contributed by atoms with van der Waals surface area (Å²) in [6, 6.07) is 13.4. The molecule has 1 N–H and O–H groups in total. The molecular formula is C19H18F3N3O2S. The maximum Gasteiger partial charge on any atom is 0.435 e. The van der Waals surface area contributed by atoms with Gasteiger partial charge < -0.3 is 0 Å². The molecule has 0 radical (unpaired) electrons. The van der Waals surface area contributed by atoms with Crippen molar-refractivity contribution < 1.29 is 21.6 Å². The molecule has 0 spiro atoms. The topological polar surface area (TPSA) is 64.0 Å². The Balaban J connectivity index is 1.77. The van der Waals surface area contributed by atoms with Gasteiger partial charge in [0.05, 0.1) is 10.6 Å². The van der Waals surface area contributed by atoms with Gasteiger partial charge in [-0.2, -0.15) is 18.3 Å². The van der Waals surface area contributed by atoms with Crippen LogP contribution in [0.5, 0.6) is 0 Å². The second kappa shape index (κ2) is 7.31. The molecule has 5 nitrogen and oxygen atoms in total. The zero-order chi connectivity index (χ0) is 20.5. The van der Waals surface area contributed by atoms with Gasteiger partial charge in [0.1, 0.15) is 0 Å². The lowest BCUT2D eigenvalue weighted by molar-refractivity contribution is -0.141. The summed E-state index contributed by atoms with van der Waals surface area (Å²) in [6.07, 6.45) is -3.33. The Kier molecular flexibility index (Phi) is 5.20. The number of halogens is 3. The van der Waals surface area contributed by atoms with Crippen LogP contribution in [0, 0.1) is 0 Å². The van der Waals surface area contributed by atoms with E-state index in [0.717, 1.165) is 16.3 Å². The van der Waals surface area contributed by atoms with Crippen LogP contribution in [0.3, 0.4) is 0 Å². The van der Waals surface area contributed by atoms with E-state index in [1.54, 1.807) is 12.1 Å². The summed E-state index contributed by atoms with van der Waals surface area (Å²) >= 11 is 0. The van der Waals surface area contributed by atoms with Gasteiger partial charge in [-0.15, -0.1) is 0 Å². The fourth-order valence-corrected chi connectivity index (χ4v) is 3.61. The number of rotatable bonds is 5. The summed E-state index contributed by atoms with van der Waals surface area (Å²) in [5.41, 5.74) is 0.697. The van der Waals surface area contributed by atoms with E-state index in [-0.39, 0.29) is 10.8 Å². The van der Waals surface area contributed by atoms with Crippen LogP contribution in [0.25, 0.3) is 5.69 Å². The molecular weight excluding hydrogens is 391 g/mol. The van der Waals surface area contributed by atoms with Gasteiger partial charge in [0.15, 0.2) is 5.69 Å². The van der Waals surface area contributed by atoms with Crippen molar-refractivity contribution in [3.8, 4) is 5.69 Å². The number of nitrogens with zero attached hydrogens (tertiary/aromatic N) is 2. The number of alkyl halides is 3. The molecule has 28 heavy (non-hydrogen) atoms. The molecule has 0 aliphatic rings. The van der Waals surface area contributed by atoms with Crippen molar-refractivity contribution in [2.75, 3.05) is 4.72 Å². The van der Waals surface area contributed by atoms with Gasteiger partial charge in [0.25, 0.3) is 10.0 Å². The Hall–Kier alpha value is -2.81. The van der Waals surface area contributed by atoms with Crippen molar-refractivity contribution in [2.24, 2.45) is 0 Å². The lowest BCUT2D eigenvalue weighted by Crippen LogP contribution is -2.13. The van der Waals surface area contributed by atoms with E-state index < -0.39 is 21.9 Å². The third-order valence-corrected chi connectivity index (χ3v) is 5.52. The molecule has 2 aromatic carbocycles. The number of benzene rings is 2. The molecule has 0 aliphatic heterocycles. The summed E-state index contributed by atoms with van der Waals surface area (Å²) in [5, 5.41) is 3.48. The first kappa shape index (κ1) is 19.9. The third kappa shape index (κ3) is 4.36. The average molecular weight is 409 g/mol. The molecule has 148 valence electrons. The fourth-order valence-electron chi connectivity index (χ4n) is 2.55. The van der Waals surface area contributed by atoms with E-state index in [9.17, 15) is 21.6 Å². The molecule has 9 heteroatoms. The summed E-state index contributed by atoms with van der Waals surface area (Å²) < 4.78 is 66.5. The van der Waals surface area contributed by atoms with Gasteiger partial charge >= 0.3 is 6.18 Å². The lowest BCUT2D eigenvalue weighted by Gasteiger charge is -2.11. The molecule has 0 amide bonds. The first-order chi connectivity index (χ1) is 13.1. The number of anilines is 1. The largest absolute Gasteiger partial charge is 0.435 e. The molecule has 0 saturated heterocycles. The van der Waals surface area contributed by atoms with Gasteiger partial charge in [-0.25, -0.2) is 13.1 Å². The predicted molar refractivity (Wildman–Crippen MR) is 99.9 cm³/mol. The van der Waals surface area contributed by atoms with E-state index in [1.165, 1.54) is 42.6 Å².